The average molecular weight is 403 g/mol. The average Bonchev–Trinajstić information content (AvgIpc) is 3.31. The van der Waals surface area contributed by atoms with E-state index in [0.717, 1.165) is 16.9 Å². The van der Waals surface area contributed by atoms with E-state index in [1.807, 2.05) is 34.9 Å². The van der Waals surface area contributed by atoms with E-state index in [4.69, 9.17) is 4.98 Å². The highest BCUT2D eigenvalue weighted by Crippen LogP contribution is 2.33. The van der Waals surface area contributed by atoms with Crippen molar-refractivity contribution in [3.63, 3.8) is 0 Å². The van der Waals surface area contributed by atoms with Crippen LogP contribution in [0.5, 0.6) is 0 Å². The monoisotopic (exact) mass is 403 g/mol. The summed E-state index contributed by atoms with van der Waals surface area (Å²) in [6.45, 7) is 0.787. The zero-order valence-electron chi connectivity index (χ0n) is 16.1. The third-order valence-corrected chi connectivity index (χ3v) is 5.60. The number of carbonyl (C=O) groups is 1. The molecule has 0 aliphatic carbocycles. The molecule has 1 fully saturated rings. The molecule has 0 spiro atoms. The molecule has 0 saturated carbocycles. The first-order valence-corrected chi connectivity index (χ1v) is 9.84. The van der Waals surface area contributed by atoms with Crippen LogP contribution in [-0.2, 0) is 11.3 Å². The van der Waals surface area contributed by atoms with Gasteiger partial charge in [-0.3, -0.25) is 4.79 Å². The normalized spacial score (nSPS) is 16.5. The van der Waals surface area contributed by atoms with E-state index in [1.54, 1.807) is 29.2 Å². The highest BCUT2D eigenvalue weighted by molar-refractivity contribution is 5.96. The van der Waals surface area contributed by atoms with Crippen molar-refractivity contribution in [1.82, 2.24) is 9.55 Å². The highest BCUT2D eigenvalue weighted by Gasteiger charge is 2.35. The minimum absolute atomic E-state index is 0.0314. The molecular weight excluding hydrogens is 384 g/mol. The van der Waals surface area contributed by atoms with Gasteiger partial charge < -0.3 is 9.47 Å². The van der Waals surface area contributed by atoms with Crippen LogP contribution in [0.15, 0.2) is 72.8 Å². The van der Waals surface area contributed by atoms with Crippen LogP contribution in [0, 0.1) is 11.6 Å². The molecular formula is C24H19F2N3O. The maximum atomic E-state index is 14.3. The lowest BCUT2D eigenvalue weighted by Crippen LogP contribution is -2.24. The Balaban J connectivity index is 1.53. The van der Waals surface area contributed by atoms with Gasteiger partial charge in [-0.2, -0.15) is 0 Å². The van der Waals surface area contributed by atoms with Crippen molar-refractivity contribution < 1.29 is 13.6 Å². The van der Waals surface area contributed by atoms with Crippen molar-refractivity contribution in [3.05, 3.63) is 95.8 Å². The molecule has 150 valence electrons. The number of rotatable bonds is 4. The Hall–Kier alpha value is -3.54. The Bertz CT molecular complexity index is 1230. The quantitative estimate of drug-likeness (QED) is 0.487. The Morgan fingerprint density at radius 1 is 0.933 bits per heavy atom. The smallest absolute Gasteiger partial charge is 0.227 e. The summed E-state index contributed by atoms with van der Waals surface area (Å²) in [4.78, 5) is 19.2. The second-order valence-electron chi connectivity index (χ2n) is 7.52. The lowest BCUT2D eigenvalue weighted by atomic mass is 10.1. The molecule has 1 atom stereocenters. The zero-order chi connectivity index (χ0) is 20.7. The summed E-state index contributed by atoms with van der Waals surface area (Å²) < 4.78 is 29.6. The number of amides is 1. The van der Waals surface area contributed by atoms with Crippen LogP contribution in [0.25, 0.3) is 11.0 Å². The van der Waals surface area contributed by atoms with Crippen LogP contribution >= 0.6 is 0 Å². The molecule has 1 aliphatic heterocycles. The number of carbonyl (C=O) groups excluding carboxylic acids is 1. The maximum Gasteiger partial charge on any atom is 0.227 e. The SMILES string of the molecule is O=C1C[C@H](c2nc3ccccc3n2Cc2ccccc2F)CN1c1ccc(F)cc1. The van der Waals surface area contributed by atoms with Crippen LogP contribution in [0.3, 0.4) is 0 Å². The first-order valence-electron chi connectivity index (χ1n) is 9.84. The molecule has 1 amide bonds. The standard InChI is InChI=1S/C24H19F2N3O/c25-18-9-11-19(12-10-18)28-15-17(13-23(28)30)24-27-21-7-3-4-8-22(21)29(24)14-16-5-1-2-6-20(16)26/h1-12,17H,13-15H2/t17-/m0/s1. The largest absolute Gasteiger partial charge is 0.323 e. The number of hydrogen-bond donors (Lipinski definition) is 0. The molecule has 0 N–H and O–H groups in total. The first-order chi connectivity index (χ1) is 14.6. The van der Waals surface area contributed by atoms with E-state index in [-0.39, 0.29) is 23.5 Å². The minimum Gasteiger partial charge on any atom is -0.323 e. The van der Waals surface area contributed by atoms with Gasteiger partial charge in [-0.25, -0.2) is 13.8 Å². The van der Waals surface area contributed by atoms with E-state index >= 15 is 0 Å². The van der Waals surface area contributed by atoms with Crippen molar-refractivity contribution in [2.45, 2.75) is 18.9 Å². The highest BCUT2D eigenvalue weighted by atomic mass is 19.1. The molecule has 0 radical (unpaired) electrons. The number of hydrogen-bond acceptors (Lipinski definition) is 2. The number of imidazole rings is 1. The van der Waals surface area contributed by atoms with Gasteiger partial charge in [0, 0.05) is 30.1 Å². The van der Waals surface area contributed by atoms with Gasteiger partial charge in [0.25, 0.3) is 0 Å². The fourth-order valence-corrected chi connectivity index (χ4v) is 4.12. The van der Waals surface area contributed by atoms with E-state index in [9.17, 15) is 13.6 Å². The molecule has 30 heavy (non-hydrogen) atoms. The summed E-state index contributed by atoms with van der Waals surface area (Å²) in [5.74, 6) is -0.0134. The summed E-state index contributed by atoms with van der Waals surface area (Å²) in [6.07, 6.45) is 0.304. The third-order valence-electron chi connectivity index (χ3n) is 5.60. The van der Waals surface area contributed by atoms with Crippen molar-refractivity contribution >= 4 is 22.6 Å². The number of fused-ring (bicyclic) bond motifs is 1. The molecule has 6 heteroatoms. The maximum absolute atomic E-state index is 14.3. The fraction of sp³-hybridized carbons (Fsp3) is 0.167. The lowest BCUT2D eigenvalue weighted by molar-refractivity contribution is -0.117. The molecule has 2 heterocycles. The van der Waals surface area contributed by atoms with Gasteiger partial charge >= 0.3 is 0 Å². The lowest BCUT2D eigenvalue weighted by Gasteiger charge is -2.17. The van der Waals surface area contributed by atoms with Crippen molar-refractivity contribution in [2.24, 2.45) is 0 Å². The third kappa shape index (κ3) is 3.24. The van der Waals surface area contributed by atoms with Gasteiger partial charge in [0.05, 0.1) is 17.6 Å². The van der Waals surface area contributed by atoms with Crippen molar-refractivity contribution in [1.29, 1.82) is 0 Å². The predicted molar refractivity (Wildman–Crippen MR) is 111 cm³/mol. The molecule has 1 saturated heterocycles. The fourth-order valence-electron chi connectivity index (χ4n) is 4.12. The minimum atomic E-state index is -0.339. The van der Waals surface area contributed by atoms with E-state index in [2.05, 4.69) is 0 Å². The molecule has 4 aromatic rings. The summed E-state index contributed by atoms with van der Waals surface area (Å²) >= 11 is 0. The van der Waals surface area contributed by atoms with Crippen LogP contribution < -0.4 is 4.90 Å². The Morgan fingerprint density at radius 2 is 1.67 bits per heavy atom. The molecule has 4 nitrogen and oxygen atoms in total. The summed E-state index contributed by atoms with van der Waals surface area (Å²) in [7, 11) is 0. The van der Waals surface area contributed by atoms with Crippen molar-refractivity contribution in [3.8, 4) is 0 Å². The molecule has 3 aromatic carbocycles. The number of benzene rings is 3. The number of aromatic nitrogens is 2. The van der Waals surface area contributed by atoms with Gasteiger partial charge in [-0.05, 0) is 42.5 Å². The summed E-state index contributed by atoms with van der Waals surface area (Å²) in [6, 6.07) is 20.3. The van der Waals surface area contributed by atoms with Crippen LogP contribution in [0.4, 0.5) is 14.5 Å². The van der Waals surface area contributed by atoms with E-state index < -0.39 is 0 Å². The van der Waals surface area contributed by atoms with Crippen LogP contribution in [0.1, 0.15) is 23.7 Å². The van der Waals surface area contributed by atoms with E-state index in [0.29, 0.717) is 30.8 Å². The Labute approximate surface area is 172 Å². The Kier molecular flexibility index (Phi) is 4.54. The molecule has 1 aromatic heterocycles. The second-order valence-corrected chi connectivity index (χ2v) is 7.52. The van der Waals surface area contributed by atoms with Gasteiger partial charge in [0.15, 0.2) is 0 Å². The molecule has 0 bridgehead atoms. The molecule has 0 unspecified atom stereocenters. The topological polar surface area (TPSA) is 38.1 Å². The Morgan fingerprint density at radius 3 is 2.47 bits per heavy atom. The second kappa shape index (κ2) is 7.37. The number of halogens is 2. The van der Waals surface area contributed by atoms with Gasteiger partial charge in [0.1, 0.15) is 17.5 Å². The van der Waals surface area contributed by atoms with Crippen LogP contribution in [-0.4, -0.2) is 22.0 Å². The predicted octanol–water partition coefficient (Wildman–Crippen LogP) is 4.88. The van der Waals surface area contributed by atoms with Crippen molar-refractivity contribution in [2.75, 3.05) is 11.4 Å². The first kappa shape index (κ1) is 18.5. The summed E-state index contributed by atoms with van der Waals surface area (Å²) in [5, 5.41) is 0. The number of nitrogens with zero attached hydrogens (tertiary/aromatic N) is 3. The van der Waals surface area contributed by atoms with Gasteiger partial charge in [0.2, 0.25) is 5.91 Å². The molecule has 5 rings (SSSR count). The number of anilines is 1. The molecule has 1 aliphatic rings. The van der Waals surface area contributed by atoms with E-state index in [1.165, 1.54) is 18.2 Å². The van der Waals surface area contributed by atoms with Gasteiger partial charge in [-0.1, -0.05) is 30.3 Å². The zero-order valence-corrected chi connectivity index (χ0v) is 16.1. The summed E-state index contributed by atoms with van der Waals surface area (Å²) in [5.41, 5.74) is 2.96. The van der Waals surface area contributed by atoms with Gasteiger partial charge in [-0.15, -0.1) is 0 Å². The number of para-hydroxylation sites is 2. The van der Waals surface area contributed by atoms with Crippen LogP contribution in [0.2, 0.25) is 0 Å².